The number of amides is 1. The molecule has 5 nitrogen and oxygen atoms in total. The Hall–Kier alpha value is -4.20. The molecule has 0 aliphatic rings. The smallest absolute Gasteiger partial charge is 0.416 e. The van der Waals surface area contributed by atoms with Gasteiger partial charge in [-0.3, -0.25) is 4.79 Å². The van der Waals surface area contributed by atoms with Crippen LogP contribution in [-0.2, 0) is 25.8 Å². The number of hydrogen-bond donors (Lipinski definition) is 0. The molecule has 1 amide bonds. The van der Waals surface area contributed by atoms with Crippen molar-refractivity contribution in [1.82, 2.24) is 9.47 Å². The highest BCUT2D eigenvalue weighted by molar-refractivity contribution is 5.95. The van der Waals surface area contributed by atoms with E-state index in [1.54, 1.807) is 35.4 Å². The minimum absolute atomic E-state index is 0.229. The number of carbonyl (C=O) groups excluding carboxylic acids is 1. The van der Waals surface area contributed by atoms with Crippen LogP contribution in [0.15, 0.2) is 91.1 Å². The van der Waals surface area contributed by atoms with Gasteiger partial charge in [0.15, 0.2) is 0 Å². The van der Waals surface area contributed by atoms with Gasteiger partial charge in [0.05, 0.1) is 26.3 Å². The van der Waals surface area contributed by atoms with E-state index < -0.39 is 11.7 Å². The molecule has 0 radical (unpaired) electrons. The second kappa shape index (κ2) is 11.2. The van der Waals surface area contributed by atoms with Gasteiger partial charge in [-0.05, 0) is 47.5 Å². The van der Waals surface area contributed by atoms with Gasteiger partial charge in [-0.25, -0.2) is 0 Å². The molecule has 0 atom stereocenters. The van der Waals surface area contributed by atoms with Gasteiger partial charge in [0, 0.05) is 36.6 Å². The van der Waals surface area contributed by atoms with Gasteiger partial charge in [-0.2, -0.15) is 13.2 Å². The van der Waals surface area contributed by atoms with Crippen LogP contribution >= 0.6 is 0 Å². The Bertz CT molecular complexity index is 1330. The van der Waals surface area contributed by atoms with Gasteiger partial charge in [-0.15, -0.1) is 0 Å². The lowest BCUT2D eigenvalue weighted by Crippen LogP contribution is -2.31. The van der Waals surface area contributed by atoms with Gasteiger partial charge >= 0.3 is 6.18 Å². The molecule has 0 saturated heterocycles. The predicted molar refractivity (Wildman–Crippen MR) is 135 cm³/mol. The van der Waals surface area contributed by atoms with Crippen molar-refractivity contribution in [3.05, 3.63) is 119 Å². The molecule has 4 rings (SSSR count). The molecule has 0 spiro atoms. The van der Waals surface area contributed by atoms with E-state index in [2.05, 4.69) is 0 Å². The lowest BCUT2D eigenvalue weighted by Gasteiger charge is -2.24. The molecule has 0 N–H and O–H groups in total. The molecule has 0 bridgehead atoms. The summed E-state index contributed by atoms with van der Waals surface area (Å²) in [5, 5.41) is 0. The molecule has 4 aromatic rings. The van der Waals surface area contributed by atoms with Crippen molar-refractivity contribution in [2.24, 2.45) is 0 Å². The van der Waals surface area contributed by atoms with Crippen LogP contribution in [0.5, 0.6) is 11.5 Å². The fourth-order valence-electron chi connectivity index (χ4n) is 4.10. The fraction of sp³-hybridized carbons (Fsp3) is 0.207. The summed E-state index contributed by atoms with van der Waals surface area (Å²) < 4.78 is 52.1. The molecule has 0 aliphatic carbocycles. The summed E-state index contributed by atoms with van der Waals surface area (Å²) in [6, 6.07) is 23.6. The molecule has 0 unspecified atom stereocenters. The third-order valence-corrected chi connectivity index (χ3v) is 5.99. The highest BCUT2D eigenvalue weighted by Crippen LogP contribution is 2.30. The van der Waals surface area contributed by atoms with Crippen LogP contribution in [0, 0.1) is 0 Å². The van der Waals surface area contributed by atoms with Gasteiger partial charge in [0.1, 0.15) is 11.5 Å². The van der Waals surface area contributed by atoms with Crippen molar-refractivity contribution in [1.29, 1.82) is 0 Å². The van der Waals surface area contributed by atoms with E-state index in [0.29, 0.717) is 29.2 Å². The quantitative estimate of drug-likeness (QED) is 0.262. The lowest BCUT2D eigenvalue weighted by atomic mass is 10.1. The number of nitrogens with zero attached hydrogens (tertiary/aromatic N) is 2. The molecule has 3 aromatic carbocycles. The third kappa shape index (κ3) is 6.52. The Morgan fingerprint density at radius 3 is 2.14 bits per heavy atom. The van der Waals surface area contributed by atoms with Crippen molar-refractivity contribution in [2.75, 3.05) is 14.2 Å². The minimum atomic E-state index is -4.41. The summed E-state index contributed by atoms with van der Waals surface area (Å²) in [6.45, 7) is 0.833. The van der Waals surface area contributed by atoms with Crippen LogP contribution in [0.3, 0.4) is 0 Å². The van der Waals surface area contributed by atoms with Crippen LogP contribution < -0.4 is 9.47 Å². The number of halogens is 3. The first-order chi connectivity index (χ1) is 17.8. The van der Waals surface area contributed by atoms with Crippen LogP contribution in [0.4, 0.5) is 13.2 Å². The maximum Gasteiger partial charge on any atom is 0.416 e. The van der Waals surface area contributed by atoms with E-state index in [1.165, 1.54) is 20.3 Å². The zero-order valence-electron chi connectivity index (χ0n) is 20.5. The van der Waals surface area contributed by atoms with Gasteiger partial charge < -0.3 is 18.9 Å². The summed E-state index contributed by atoms with van der Waals surface area (Å²) in [7, 11) is 3.04. The minimum Gasteiger partial charge on any atom is -0.497 e. The maximum atomic E-state index is 13.7. The molecule has 1 heterocycles. The predicted octanol–water partition coefficient (Wildman–Crippen LogP) is 6.42. The van der Waals surface area contributed by atoms with E-state index >= 15 is 0 Å². The largest absolute Gasteiger partial charge is 0.497 e. The Kier molecular flexibility index (Phi) is 7.86. The molecule has 0 saturated carbocycles. The highest BCUT2D eigenvalue weighted by atomic mass is 19.4. The first-order valence-electron chi connectivity index (χ1n) is 11.6. The van der Waals surface area contributed by atoms with Gasteiger partial charge in [0.25, 0.3) is 5.91 Å². The Balaban J connectivity index is 1.63. The monoisotopic (exact) mass is 508 g/mol. The molecule has 0 fully saturated rings. The molecular formula is C29H27F3N2O3. The molecule has 8 heteroatoms. The Labute approximate surface area is 213 Å². The zero-order valence-corrected chi connectivity index (χ0v) is 20.5. The average molecular weight is 509 g/mol. The SMILES string of the molecule is COc1cc(OC)cc(C(=O)N(Cc2ccccc2)Cc2cccn2Cc2cccc(C(F)(F)F)c2)c1. The van der Waals surface area contributed by atoms with Crippen molar-refractivity contribution < 1.29 is 27.4 Å². The van der Waals surface area contributed by atoms with Crippen LogP contribution in [0.1, 0.15) is 32.7 Å². The summed E-state index contributed by atoms with van der Waals surface area (Å²) in [6.07, 6.45) is -2.61. The van der Waals surface area contributed by atoms with Crippen LogP contribution in [0.25, 0.3) is 0 Å². The lowest BCUT2D eigenvalue weighted by molar-refractivity contribution is -0.137. The number of methoxy groups -OCH3 is 2. The van der Waals surface area contributed by atoms with E-state index in [4.69, 9.17) is 9.47 Å². The average Bonchev–Trinajstić information content (AvgIpc) is 3.34. The zero-order chi connectivity index (χ0) is 26.4. The highest BCUT2D eigenvalue weighted by Gasteiger charge is 2.30. The molecular weight excluding hydrogens is 481 g/mol. The van der Waals surface area contributed by atoms with Crippen molar-refractivity contribution in [3.63, 3.8) is 0 Å². The molecule has 192 valence electrons. The summed E-state index contributed by atoms with van der Waals surface area (Å²) >= 11 is 0. The van der Waals surface area contributed by atoms with Crippen LogP contribution in [-0.4, -0.2) is 29.6 Å². The molecule has 37 heavy (non-hydrogen) atoms. The van der Waals surface area contributed by atoms with E-state index in [1.807, 2.05) is 47.0 Å². The number of rotatable bonds is 9. The van der Waals surface area contributed by atoms with Crippen molar-refractivity contribution in [2.45, 2.75) is 25.8 Å². The Morgan fingerprint density at radius 2 is 1.49 bits per heavy atom. The Morgan fingerprint density at radius 1 is 0.811 bits per heavy atom. The standard InChI is InChI=1S/C29H27F3N2O3/c1-36-26-15-23(16-27(17-26)37-2)28(35)34(18-21-8-4-3-5-9-21)20-25-12-7-13-33(25)19-22-10-6-11-24(14-22)29(30,31)32/h3-17H,18-20H2,1-2H3. The van der Waals surface area contributed by atoms with E-state index in [9.17, 15) is 18.0 Å². The second-order valence-corrected chi connectivity index (χ2v) is 8.57. The van der Waals surface area contributed by atoms with E-state index in [0.717, 1.165) is 23.4 Å². The number of alkyl halides is 3. The van der Waals surface area contributed by atoms with Crippen LogP contribution in [0.2, 0.25) is 0 Å². The molecule has 1 aromatic heterocycles. The molecule has 0 aliphatic heterocycles. The third-order valence-electron chi connectivity index (χ3n) is 5.99. The summed E-state index contributed by atoms with van der Waals surface area (Å²) in [5.74, 6) is 0.762. The van der Waals surface area contributed by atoms with Crippen molar-refractivity contribution >= 4 is 5.91 Å². The second-order valence-electron chi connectivity index (χ2n) is 8.57. The number of ether oxygens (including phenoxy) is 2. The van der Waals surface area contributed by atoms with Gasteiger partial charge in [-0.1, -0.05) is 42.5 Å². The topological polar surface area (TPSA) is 43.7 Å². The van der Waals surface area contributed by atoms with Crippen molar-refractivity contribution in [3.8, 4) is 11.5 Å². The number of aromatic nitrogens is 1. The number of carbonyl (C=O) groups is 1. The normalized spacial score (nSPS) is 11.3. The summed E-state index contributed by atoms with van der Waals surface area (Å²) in [4.78, 5) is 15.4. The van der Waals surface area contributed by atoms with E-state index in [-0.39, 0.29) is 19.0 Å². The first-order valence-corrected chi connectivity index (χ1v) is 11.6. The number of hydrogen-bond acceptors (Lipinski definition) is 3. The maximum absolute atomic E-state index is 13.7. The van der Waals surface area contributed by atoms with Gasteiger partial charge in [0.2, 0.25) is 0 Å². The summed E-state index contributed by atoms with van der Waals surface area (Å²) in [5.41, 5.74) is 1.97. The first kappa shape index (κ1) is 25.9. The fourth-order valence-corrected chi connectivity index (χ4v) is 4.10. The number of benzene rings is 3.